The largest absolute Gasteiger partial charge is 0.454 e. The summed E-state index contributed by atoms with van der Waals surface area (Å²) in [5.41, 5.74) is 2.56. The van der Waals surface area contributed by atoms with Crippen molar-refractivity contribution in [3.05, 3.63) is 122 Å². The molecule has 1 N–H and O–H groups in total. The summed E-state index contributed by atoms with van der Waals surface area (Å²) in [6.45, 7) is 6.94. The summed E-state index contributed by atoms with van der Waals surface area (Å²) in [6, 6.07) is 22.5. The van der Waals surface area contributed by atoms with Crippen molar-refractivity contribution in [2.24, 2.45) is 11.8 Å². The van der Waals surface area contributed by atoms with E-state index < -0.39 is 67.1 Å². The van der Waals surface area contributed by atoms with Gasteiger partial charge in [-0.2, -0.15) is 0 Å². The molecule has 0 bridgehead atoms. The van der Waals surface area contributed by atoms with Crippen molar-refractivity contribution in [3.63, 3.8) is 0 Å². The first-order valence-corrected chi connectivity index (χ1v) is 17.2. The third-order valence-corrected chi connectivity index (χ3v) is 8.85. The van der Waals surface area contributed by atoms with E-state index in [1.54, 1.807) is 66.7 Å². The summed E-state index contributed by atoms with van der Waals surface area (Å²) < 4.78 is 41.4. The number of aromatic nitrogens is 2. The molecule has 0 spiro atoms. The van der Waals surface area contributed by atoms with Crippen LogP contribution in [-0.2, 0) is 46.1 Å². The molecule has 1 aliphatic heterocycles. The Balaban J connectivity index is 1.31. The quantitative estimate of drug-likeness (QED) is 0.0764. The lowest BCUT2D eigenvalue weighted by Crippen LogP contribution is -2.63. The zero-order valence-electron chi connectivity index (χ0n) is 29.1. The molecule has 7 atom stereocenters. The first-order valence-electron chi connectivity index (χ1n) is 17.2. The Morgan fingerprint density at radius 3 is 1.74 bits per heavy atom. The number of allylic oxidation sites excluding steroid dienone is 2. The summed E-state index contributed by atoms with van der Waals surface area (Å²) in [4.78, 5) is 50.5. The molecule has 53 heavy (non-hydrogen) atoms. The summed E-state index contributed by atoms with van der Waals surface area (Å²) in [7, 11) is 1.31. The molecular formula is C40H40N2O11. The number of fused-ring (bicyclic) bond motifs is 2. The number of carbonyl (C=O) groups excluding carboxylic acids is 3. The van der Waals surface area contributed by atoms with Crippen molar-refractivity contribution in [2.45, 2.75) is 56.4 Å². The second kappa shape index (κ2) is 17.3. The van der Waals surface area contributed by atoms with Gasteiger partial charge in [0.1, 0.15) is 17.1 Å². The molecule has 0 unspecified atom stereocenters. The minimum absolute atomic E-state index is 0.0464. The normalized spacial score (nSPS) is 21.1. The summed E-state index contributed by atoms with van der Waals surface area (Å²) in [6.07, 6.45) is -3.39. The van der Waals surface area contributed by atoms with Crippen LogP contribution in [0, 0.1) is 11.8 Å². The van der Waals surface area contributed by atoms with E-state index in [4.69, 9.17) is 32.5 Å². The highest BCUT2D eigenvalue weighted by atomic mass is 16.7. The molecule has 3 heterocycles. The molecule has 13 heteroatoms. The van der Waals surface area contributed by atoms with Crippen LogP contribution in [0.4, 0.5) is 0 Å². The highest BCUT2D eigenvalue weighted by molar-refractivity contribution is 5.89. The Hall–Kier alpha value is -5.63. The maximum absolute atomic E-state index is 14.1. The van der Waals surface area contributed by atoms with Gasteiger partial charge in [0.05, 0.1) is 24.0 Å². The maximum Gasteiger partial charge on any atom is 0.338 e. The fourth-order valence-corrected chi connectivity index (χ4v) is 6.21. The van der Waals surface area contributed by atoms with Crippen molar-refractivity contribution < 1.29 is 52.0 Å². The van der Waals surface area contributed by atoms with Gasteiger partial charge in [0.15, 0.2) is 47.5 Å². The summed E-state index contributed by atoms with van der Waals surface area (Å²) >= 11 is 0. The van der Waals surface area contributed by atoms with Crippen molar-refractivity contribution in [1.29, 1.82) is 0 Å². The zero-order chi connectivity index (χ0) is 37.3. The molecule has 276 valence electrons. The third-order valence-electron chi connectivity index (χ3n) is 8.85. The molecule has 6 rings (SSSR count). The Labute approximate surface area is 305 Å². The summed E-state index contributed by atoms with van der Waals surface area (Å²) in [5.74, 6) is -3.34. The van der Waals surface area contributed by atoms with E-state index in [-0.39, 0.29) is 31.2 Å². The van der Waals surface area contributed by atoms with Crippen LogP contribution in [0.3, 0.4) is 0 Å². The van der Waals surface area contributed by atoms with Crippen LogP contribution < -0.4 is 0 Å². The van der Waals surface area contributed by atoms with Crippen molar-refractivity contribution in [3.8, 4) is 0 Å². The number of hydrogen-bond donors (Lipinski definition) is 1. The molecule has 1 fully saturated rings. The number of benzene rings is 3. The van der Waals surface area contributed by atoms with Crippen molar-refractivity contribution in [1.82, 2.24) is 9.97 Å². The zero-order valence-corrected chi connectivity index (χ0v) is 29.1. The maximum atomic E-state index is 14.1. The molecule has 5 aromatic rings. The fourth-order valence-electron chi connectivity index (χ4n) is 6.21. The molecule has 0 radical (unpaired) electrons. The molecule has 13 nitrogen and oxygen atoms in total. The topological polar surface area (TPSA) is 170 Å². The number of methoxy groups -OCH3 is 1. The molecule has 0 amide bonds. The molecule has 3 aromatic carbocycles. The number of nitrogens with zero attached hydrogens (tertiary/aromatic N) is 2. The van der Waals surface area contributed by atoms with Gasteiger partial charge in [0.25, 0.3) is 0 Å². The Kier molecular flexibility index (Phi) is 12.1. The van der Waals surface area contributed by atoms with Gasteiger partial charge in [-0.15, -0.1) is 13.2 Å². The van der Waals surface area contributed by atoms with E-state index in [0.717, 1.165) is 0 Å². The predicted molar refractivity (Wildman–Crippen MR) is 190 cm³/mol. The van der Waals surface area contributed by atoms with Gasteiger partial charge >= 0.3 is 17.9 Å². The van der Waals surface area contributed by atoms with Gasteiger partial charge < -0.3 is 37.6 Å². The fraction of sp³-hybridized carbons (Fsp3) is 0.325. The van der Waals surface area contributed by atoms with Crippen molar-refractivity contribution in [2.75, 3.05) is 13.7 Å². The number of hydrogen-bond acceptors (Lipinski definition) is 13. The van der Waals surface area contributed by atoms with Crippen LogP contribution in [0.2, 0.25) is 0 Å². The highest BCUT2D eigenvalue weighted by Gasteiger charge is 2.53. The second-order valence-corrected chi connectivity index (χ2v) is 12.5. The van der Waals surface area contributed by atoms with Gasteiger partial charge in [-0.1, -0.05) is 54.6 Å². The average molecular weight is 725 g/mol. The van der Waals surface area contributed by atoms with E-state index in [9.17, 15) is 19.5 Å². The van der Waals surface area contributed by atoms with Crippen LogP contribution in [0.5, 0.6) is 0 Å². The first-order chi connectivity index (χ1) is 25.8. The number of esters is 3. The van der Waals surface area contributed by atoms with Crippen molar-refractivity contribution >= 4 is 40.1 Å². The van der Waals surface area contributed by atoms with Gasteiger partial charge in [-0.25, -0.2) is 14.8 Å². The number of oxazole rings is 2. The van der Waals surface area contributed by atoms with Crippen LogP contribution in [0.25, 0.3) is 22.2 Å². The van der Waals surface area contributed by atoms with E-state index >= 15 is 0 Å². The first kappa shape index (κ1) is 37.1. The number of aliphatic hydroxyl groups is 1. The van der Waals surface area contributed by atoms with E-state index in [0.29, 0.717) is 34.0 Å². The Morgan fingerprint density at radius 2 is 1.25 bits per heavy atom. The second-order valence-electron chi connectivity index (χ2n) is 12.5. The highest BCUT2D eigenvalue weighted by Crippen LogP contribution is 2.32. The number of ether oxygens (including phenoxy) is 5. The molecule has 1 aliphatic rings. The van der Waals surface area contributed by atoms with Gasteiger partial charge in [-0.3, -0.25) is 9.59 Å². The molecule has 1 saturated heterocycles. The van der Waals surface area contributed by atoms with E-state index in [1.807, 2.05) is 24.3 Å². The number of carbonyl (C=O) groups is 3. The van der Waals surface area contributed by atoms with Crippen LogP contribution in [0.15, 0.2) is 113 Å². The van der Waals surface area contributed by atoms with Gasteiger partial charge in [0.2, 0.25) is 0 Å². The number of rotatable bonds is 16. The average Bonchev–Trinajstić information content (AvgIpc) is 3.79. The van der Waals surface area contributed by atoms with Crippen LogP contribution in [0.1, 0.15) is 35.0 Å². The van der Waals surface area contributed by atoms with Gasteiger partial charge in [-0.05, 0) is 49.2 Å². The minimum Gasteiger partial charge on any atom is -0.454 e. The molecule has 2 aromatic heterocycles. The third kappa shape index (κ3) is 8.71. The lowest BCUT2D eigenvalue weighted by Gasteiger charge is -2.44. The molecule has 0 saturated carbocycles. The minimum atomic E-state index is -1.50. The number of aliphatic hydroxyl groups excluding tert-OH is 1. The Bertz CT molecular complexity index is 1970. The number of para-hydroxylation sites is 4. The molecular weight excluding hydrogens is 684 g/mol. The standard InChI is InChI=1S/C40H40N2O11/c1-4-13-25(21-32-41-27-17-9-11-19-29(27)48-32)38(45)52-35-34(51-37(44)24-15-7-6-8-16-24)31(23-43)50-40(47-3)36(35)53-39(46)26(14-5-2)22-33-42-28-18-10-12-20-30(28)49-33/h4-12,15-20,25-26,31,34-36,40,43H,1-2,13-14,21-23H2,3H3/t25-,26-,31-,34+,35+,36-,40+/m1/s1. The van der Waals surface area contributed by atoms with E-state index in [1.165, 1.54) is 7.11 Å². The smallest absolute Gasteiger partial charge is 0.338 e. The lowest BCUT2D eigenvalue weighted by molar-refractivity contribution is -0.301. The van der Waals surface area contributed by atoms with Gasteiger partial charge in [0, 0.05) is 20.0 Å². The van der Waals surface area contributed by atoms with E-state index in [2.05, 4.69) is 23.1 Å². The van der Waals surface area contributed by atoms with Crippen LogP contribution >= 0.6 is 0 Å². The predicted octanol–water partition coefficient (Wildman–Crippen LogP) is 5.55. The Morgan fingerprint density at radius 1 is 0.736 bits per heavy atom. The SMILES string of the molecule is C=CC[C@H](Cc1nc2ccccc2o1)C(=O)O[C@H]1[C@@H](OC(=O)c2ccccc2)[C@@H](CO)O[C@H](OC)[C@@H]1OC(=O)[C@H](CC=C)Cc1nc2ccccc2o1. The monoisotopic (exact) mass is 724 g/mol. The lowest BCUT2D eigenvalue weighted by atomic mass is 9.96. The van der Waals surface area contributed by atoms with Crippen LogP contribution in [-0.4, -0.2) is 77.4 Å². The summed E-state index contributed by atoms with van der Waals surface area (Å²) in [5, 5.41) is 10.4. The molecule has 0 aliphatic carbocycles.